The Balaban J connectivity index is 2.36. The van der Waals surface area contributed by atoms with Gasteiger partial charge in [-0.1, -0.05) is 16.8 Å². The zero-order valence-electron chi connectivity index (χ0n) is 6.31. The minimum Gasteiger partial charge on any atom is -0.479 e. The van der Waals surface area contributed by atoms with E-state index in [-0.39, 0.29) is 0 Å². The number of carboxylic acids is 1. The molecule has 1 aromatic rings. The molecule has 0 aromatic carbocycles. The number of halogens is 1. The van der Waals surface area contributed by atoms with E-state index < -0.39 is 12.6 Å². The van der Waals surface area contributed by atoms with E-state index in [0.29, 0.717) is 9.34 Å². The Morgan fingerprint density at radius 3 is 3.23 bits per heavy atom. The van der Waals surface area contributed by atoms with E-state index in [9.17, 15) is 4.79 Å². The largest absolute Gasteiger partial charge is 0.479 e. The third-order valence-electron chi connectivity index (χ3n) is 0.921. The van der Waals surface area contributed by atoms with Gasteiger partial charge < -0.3 is 9.94 Å². The van der Waals surface area contributed by atoms with E-state index in [1.54, 1.807) is 0 Å². The van der Waals surface area contributed by atoms with E-state index in [0.717, 1.165) is 0 Å². The fraction of sp³-hybridized carbons (Fsp3) is 0.167. The summed E-state index contributed by atoms with van der Waals surface area (Å²) >= 11 is 6.81. The van der Waals surface area contributed by atoms with Crippen molar-refractivity contribution in [2.24, 2.45) is 5.16 Å². The molecule has 0 spiro atoms. The predicted molar refractivity (Wildman–Crippen MR) is 48.3 cm³/mol. The molecule has 70 valence electrons. The highest BCUT2D eigenvalue weighted by atomic mass is 35.5. The lowest BCUT2D eigenvalue weighted by atomic mass is 10.7. The Morgan fingerprint density at radius 1 is 1.92 bits per heavy atom. The van der Waals surface area contributed by atoms with Gasteiger partial charge in [0.15, 0.2) is 0 Å². The van der Waals surface area contributed by atoms with Crippen LogP contribution < -0.4 is 0 Å². The first-order chi connectivity index (χ1) is 6.18. The molecule has 0 aliphatic rings. The summed E-state index contributed by atoms with van der Waals surface area (Å²) in [5, 5.41) is 12.1. The van der Waals surface area contributed by atoms with Crippen LogP contribution in [0.25, 0.3) is 0 Å². The van der Waals surface area contributed by atoms with Gasteiger partial charge in [-0.15, -0.1) is 11.3 Å². The van der Waals surface area contributed by atoms with Crippen molar-refractivity contribution in [3.8, 4) is 0 Å². The first-order valence-electron chi connectivity index (χ1n) is 3.17. The van der Waals surface area contributed by atoms with Crippen LogP contribution in [0.4, 0.5) is 0 Å². The molecule has 0 bridgehead atoms. The Hall–Kier alpha value is -1.14. The van der Waals surface area contributed by atoms with E-state index in [4.69, 9.17) is 16.7 Å². The molecule has 0 saturated heterocycles. The Kier molecular flexibility index (Phi) is 3.66. The van der Waals surface area contributed by atoms with Crippen LogP contribution in [0.3, 0.4) is 0 Å². The molecule has 0 amide bonds. The van der Waals surface area contributed by atoms with Gasteiger partial charge in [-0.05, 0) is 0 Å². The van der Waals surface area contributed by atoms with Gasteiger partial charge in [-0.25, -0.2) is 9.78 Å². The van der Waals surface area contributed by atoms with E-state index in [2.05, 4.69) is 15.0 Å². The molecule has 1 aromatic heterocycles. The van der Waals surface area contributed by atoms with Crippen molar-refractivity contribution >= 4 is 35.1 Å². The fourth-order valence-electron chi connectivity index (χ4n) is 0.501. The van der Waals surface area contributed by atoms with Gasteiger partial charge in [-0.3, -0.25) is 0 Å². The number of rotatable bonds is 4. The summed E-state index contributed by atoms with van der Waals surface area (Å²) < 4.78 is 0.541. The van der Waals surface area contributed by atoms with Crippen LogP contribution in [0.15, 0.2) is 11.4 Å². The zero-order valence-corrected chi connectivity index (χ0v) is 7.88. The molecule has 5 nitrogen and oxygen atoms in total. The van der Waals surface area contributed by atoms with Gasteiger partial charge in [0, 0.05) is 0 Å². The molecule has 0 fully saturated rings. The second-order valence-electron chi connectivity index (χ2n) is 1.90. The number of carbonyl (C=O) groups is 1. The molecular formula is C6H5ClN2O3S. The lowest BCUT2D eigenvalue weighted by Crippen LogP contribution is -2.03. The maximum absolute atomic E-state index is 9.98. The van der Waals surface area contributed by atoms with Crippen LogP contribution in [0, 0.1) is 0 Å². The quantitative estimate of drug-likeness (QED) is 0.612. The molecule has 1 heterocycles. The highest BCUT2D eigenvalue weighted by Crippen LogP contribution is 2.16. The first-order valence-corrected chi connectivity index (χ1v) is 4.36. The third-order valence-corrected chi connectivity index (χ3v) is 1.97. The highest BCUT2D eigenvalue weighted by molar-refractivity contribution is 7.17. The first kappa shape index (κ1) is 9.94. The summed E-state index contributed by atoms with van der Waals surface area (Å²) in [6, 6.07) is 0. The molecule has 0 saturated carbocycles. The fourth-order valence-corrected chi connectivity index (χ4v) is 1.29. The lowest BCUT2D eigenvalue weighted by Gasteiger charge is -1.89. The summed E-state index contributed by atoms with van der Waals surface area (Å²) in [6.45, 7) is -0.463. The normalized spacial score (nSPS) is 10.5. The van der Waals surface area contributed by atoms with Gasteiger partial charge in [0.2, 0.25) is 6.61 Å². The second kappa shape index (κ2) is 4.78. The van der Waals surface area contributed by atoms with Crippen LogP contribution >= 0.6 is 22.9 Å². The summed E-state index contributed by atoms with van der Waals surface area (Å²) in [5.74, 6) is -1.07. The minimum atomic E-state index is -1.07. The van der Waals surface area contributed by atoms with Crippen LogP contribution in [-0.2, 0) is 9.63 Å². The zero-order chi connectivity index (χ0) is 9.68. The molecule has 1 rings (SSSR count). The van der Waals surface area contributed by atoms with Gasteiger partial charge in [-0.2, -0.15) is 0 Å². The number of thiazole rings is 1. The smallest absolute Gasteiger partial charge is 0.344 e. The van der Waals surface area contributed by atoms with Crippen molar-refractivity contribution in [1.82, 2.24) is 4.98 Å². The number of oxime groups is 1. The summed E-state index contributed by atoms with van der Waals surface area (Å²) in [6.07, 6.45) is 2.78. The number of nitrogens with zero attached hydrogens (tertiary/aromatic N) is 2. The summed E-state index contributed by atoms with van der Waals surface area (Å²) in [4.78, 5) is 18.2. The number of aromatic nitrogens is 1. The molecule has 0 unspecified atom stereocenters. The maximum Gasteiger partial charge on any atom is 0.344 e. The molecular weight excluding hydrogens is 216 g/mol. The van der Waals surface area contributed by atoms with Gasteiger partial charge in [0.05, 0.1) is 6.20 Å². The molecule has 7 heteroatoms. The highest BCUT2D eigenvalue weighted by Gasteiger charge is 1.96. The van der Waals surface area contributed by atoms with Crippen molar-refractivity contribution in [2.75, 3.05) is 6.61 Å². The Bertz CT molecular complexity index is 325. The topological polar surface area (TPSA) is 71.8 Å². The van der Waals surface area contributed by atoms with Crippen molar-refractivity contribution in [3.63, 3.8) is 0 Å². The van der Waals surface area contributed by atoms with Crippen molar-refractivity contribution in [3.05, 3.63) is 15.5 Å². The van der Waals surface area contributed by atoms with Gasteiger partial charge in [0.1, 0.15) is 15.6 Å². The van der Waals surface area contributed by atoms with Crippen LogP contribution in [-0.4, -0.2) is 28.9 Å². The minimum absolute atomic E-state index is 0.463. The van der Waals surface area contributed by atoms with E-state index in [1.165, 1.54) is 23.7 Å². The third kappa shape index (κ3) is 3.86. The van der Waals surface area contributed by atoms with Crippen LogP contribution in [0.2, 0.25) is 4.34 Å². The molecule has 0 aliphatic carbocycles. The van der Waals surface area contributed by atoms with Crippen molar-refractivity contribution in [1.29, 1.82) is 0 Å². The van der Waals surface area contributed by atoms with Crippen molar-refractivity contribution < 1.29 is 14.7 Å². The Morgan fingerprint density at radius 2 is 2.69 bits per heavy atom. The molecule has 1 N–H and O–H groups in total. The molecule has 13 heavy (non-hydrogen) atoms. The van der Waals surface area contributed by atoms with Gasteiger partial charge in [0.25, 0.3) is 0 Å². The Labute approximate surface area is 82.6 Å². The maximum atomic E-state index is 9.98. The average molecular weight is 221 g/mol. The number of aliphatic carboxylic acids is 1. The molecule has 0 aliphatic heterocycles. The molecule has 0 atom stereocenters. The summed E-state index contributed by atoms with van der Waals surface area (Å²) in [7, 11) is 0. The van der Waals surface area contributed by atoms with Gasteiger partial charge >= 0.3 is 5.97 Å². The molecule has 0 radical (unpaired) electrons. The number of hydrogen-bond donors (Lipinski definition) is 1. The monoisotopic (exact) mass is 220 g/mol. The second-order valence-corrected chi connectivity index (χ2v) is 3.60. The SMILES string of the molecule is O=C(O)CO/N=C/c1ncc(Cl)s1. The van der Waals surface area contributed by atoms with Crippen molar-refractivity contribution in [2.45, 2.75) is 0 Å². The number of hydrogen-bond acceptors (Lipinski definition) is 5. The summed E-state index contributed by atoms with van der Waals surface area (Å²) in [5.41, 5.74) is 0. The lowest BCUT2D eigenvalue weighted by molar-refractivity contribution is -0.142. The average Bonchev–Trinajstić information content (AvgIpc) is 2.45. The van der Waals surface area contributed by atoms with Crippen LogP contribution in [0.5, 0.6) is 0 Å². The van der Waals surface area contributed by atoms with E-state index >= 15 is 0 Å². The number of carboxylic acid groups (broad SMARTS) is 1. The van der Waals surface area contributed by atoms with Crippen LogP contribution in [0.1, 0.15) is 5.01 Å². The predicted octanol–water partition coefficient (Wildman–Crippen LogP) is 1.23. The standard InChI is InChI=1S/C6H5ClN2O3S/c7-4-1-8-5(13-4)2-9-12-3-6(10)11/h1-2H,3H2,(H,10,11)/b9-2+. The van der Waals surface area contributed by atoms with E-state index in [1.807, 2.05) is 0 Å².